The Hall–Kier alpha value is -3.66. The van der Waals surface area contributed by atoms with Gasteiger partial charge in [-0.05, 0) is 65.6 Å². The number of nitrogens with one attached hydrogen (secondary N) is 2. The summed E-state index contributed by atoms with van der Waals surface area (Å²) in [5.41, 5.74) is 2.76. The van der Waals surface area contributed by atoms with E-state index in [0.29, 0.717) is 50.6 Å². The molecule has 1 saturated heterocycles. The number of benzene rings is 3. The lowest BCUT2D eigenvalue weighted by Gasteiger charge is -2.41. The van der Waals surface area contributed by atoms with Crippen LogP contribution in [-0.4, -0.2) is 53.8 Å². The maximum Gasteiger partial charge on any atom is 0.416 e. The van der Waals surface area contributed by atoms with Crippen molar-refractivity contribution in [3.8, 4) is 0 Å². The maximum absolute atomic E-state index is 14.2. The standard InChI is InChI=1S/C39H46ClF3N4O2/c1-3-9-27(4-2)16-19-36(32-12-7-8-13-33(32)39(41,42)43)46-20-22-47(23-21-46)38(49)35(24-28-14-17-30(40)18-15-28)45-37(48)25-34-31-11-6-5-10-29(31)26-44-34/h4-8,10-15,17-18,27,34-36,44H,2-3,9,16,19-26H2,1H3,(H,45,48)/t27?,34?,35-,36?/m1/s1. The number of hydrogen-bond donors (Lipinski definition) is 2. The first-order valence-electron chi connectivity index (χ1n) is 17.2. The van der Waals surface area contributed by atoms with Crippen LogP contribution in [0.4, 0.5) is 13.2 Å². The summed E-state index contributed by atoms with van der Waals surface area (Å²) in [5.74, 6) is -0.212. The van der Waals surface area contributed by atoms with Crippen molar-refractivity contribution in [2.24, 2.45) is 5.92 Å². The Bertz CT molecular complexity index is 1570. The number of piperazine rings is 1. The van der Waals surface area contributed by atoms with Crippen LogP contribution >= 0.6 is 11.6 Å². The fourth-order valence-electron chi connectivity index (χ4n) is 7.23. The average Bonchev–Trinajstić information content (AvgIpc) is 3.50. The topological polar surface area (TPSA) is 64.7 Å². The van der Waals surface area contributed by atoms with Gasteiger partial charge in [0.15, 0.2) is 0 Å². The summed E-state index contributed by atoms with van der Waals surface area (Å²) in [5, 5.41) is 6.99. The predicted octanol–water partition coefficient (Wildman–Crippen LogP) is 7.89. The van der Waals surface area contributed by atoms with Gasteiger partial charge in [-0.15, -0.1) is 6.58 Å². The zero-order valence-corrected chi connectivity index (χ0v) is 28.8. The normalized spacial score (nSPS) is 18.4. The number of carbonyl (C=O) groups is 2. The van der Waals surface area contributed by atoms with Crippen LogP contribution in [0.1, 0.15) is 78.9 Å². The Morgan fingerprint density at radius 3 is 2.37 bits per heavy atom. The van der Waals surface area contributed by atoms with E-state index in [1.54, 1.807) is 29.2 Å². The van der Waals surface area contributed by atoms with Crippen molar-refractivity contribution in [3.05, 3.63) is 118 Å². The van der Waals surface area contributed by atoms with E-state index in [2.05, 4.69) is 29.0 Å². The Morgan fingerprint density at radius 2 is 1.67 bits per heavy atom. The molecule has 0 aliphatic carbocycles. The van der Waals surface area contributed by atoms with E-state index in [1.807, 2.05) is 42.5 Å². The molecule has 0 spiro atoms. The number of alkyl halides is 3. The summed E-state index contributed by atoms with van der Waals surface area (Å²) >= 11 is 6.11. The Labute approximate surface area is 292 Å². The van der Waals surface area contributed by atoms with Crippen LogP contribution in [0.5, 0.6) is 0 Å². The molecular formula is C39H46ClF3N4O2. The van der Waals surface area contributed by atoms with Crippen molar-refractivity contribution in [2.45, 2.75) is 76.3 Å². The van der Waals surface area contributed by atoms with Crippen molar-refractivity contribution in [1.29, 1.82) is 0 Å². The lowest BCUT2D eigenvalue weighted by molar-refractivity contribution is -0.139. The van der Waals surface area contributed by atoms with Crippen LogP contribution in [0, 0.1) is 5.92 Å². The number of hydrogen-bond acceptors (Lipinski definition) is 4. The van der Waals surface area contributed by atoms with E-state index in [-0.39, 0.29) is 35.8 Å². The molecule has 4 atom stereocenters. The number of halogens is 4. The highest BCUT2D eigenvalue weighted by Gasteiger charge is 2.38. The molecule has 3 aromatic rings. The van der Waals surface area contributed by atoms with Gasteiger partial charge in [-0.25, -0.2) is 0 Å². The molecular weight excluding hydrogens is 649 g/mol. The SMILES string of the molecule is C=CC(CCC)CCC(c1ccccc1C(F)(F)F)N1CCN(C(=O)[C@@H](Cc2ccc(Cl)cc2)NC(=O)CC2NCc3ccccc32)CC1. The van der Waals surface area contributed by atoms with E-state index >= 15 is 0 Å². The third-order valence-corrected chi connectivity index (χ3v) is 10.1. The number of nitrogens with zero attached hydrogens (tertiary/aromatic N) is 2. The minimum atomic E-state index is -4.48. The Morgan fingerprint density at radius 1 is 0.980 bits per heavy atom. The monoisotopic (exact) mass is 694 g/mol. The summed E-state index contributed by atoms with van der Waals surface area (Å²) in [4.78, 5) is 31.3. The molecule has 0 radical (unpaired) electrons. The Balaban J connectivity index is 1.30. The van der Waals surface area contributed by atoms with E-state index < -0.39 is 23.8 Å². The van der Waals surface area contributed by atoms with Gasteiger partial charge in [0.2, 0.25) is 11.8 Å². The molecule has 2 aliphatic heterocycles. The fourth-order valence-corrected chi connectivity index (χ4v) is 7.36. The molecule has 0 bridgehead atoms. The maximum atomic E-state index is 14.2. The molecule has 3 aromatic carbocycles. The average molecular weight is 695 g/mol. The van der Waals surface area contributed by atoms with Crippen LogP contribution < -0.4 is 10.6 Å². The molecule has 6 nitrogen and oxygen atoms in total. The number of amides is 2. The highest BCUT2D eigenvalue weighted by molar-refractivity contribution is 6.30. The molecule has 2 N–H and O–H groups in total. The second kappa shape index (κ2) is 16.8. The highest BCUT2D eigenvalue weighted by Crippen LogP contribution is 2.39. The van der Waals surface area contributed by atoms with Crippen molar-refractivity contribution >= 4 is 23.4 Å². The molecule has 2 amide bonds. The number of rotatable bonds is 14. The summed E-state index contributed by atoms with van der Waals surface area (Å²) in [7, 11) is 0. The van der Waals surface area contributed by atoms with Gasteiger partial charge in [0.1, 0.15) is 6.04 Å². The molecule has 0 aromatic heterocycles. The van der Waals surface area contributed by atoms with Crippen molar-refractivity contribution in [1.82, 2.24) is 20.4 Å². The molecule has 2 aliphatic rings. The van der Waals surface area contributed by atoms with Crippen LogP contribution in [-0.2, 0) is 28.7 Å². The Kier molecular flexibility index (Phi) is 12.6. The van der Waals surface area contributed by atoms with E-state index in [0.717, 1.165) is 42.0 Å². The van der Waals surface area contributed by atoms with Gasteiger partial charge in [-0.2, -0.15) is 13.2 Å². The van der Waals surface area contributed by atoms with Crippen LogP contribution in [0.2, 0.25) is 5.02 Å². The number of carbonyl (C=O) groups excluding carboxylic acids is 2. The van der Waals surface area contributed by atoms with E-state index in [9.17, 15) is 22.8 Å². The van der Waals surface area contributed by atoms with Crippen molar-refractivity contribution < 1.29 is 22.8 Å². The third-order valence-electron chi connectivity index (χ3n) is 9.84. The molecule has 1 fully saturated rings. The van der Waals surface area contributed by atoms with Crippen LogP contribution in [0.25, 0.3) is 0 Å². The van der Waals surface area contributed by atoms with Gasteiger partial charge in [0.05, 0.1) is 5.56 Å². The molecule has 5 rings (SSSR count). The van der Waals surface area contributed by atoms with Crippen LogP contribution in [0.15, 0.2) is 85.5 Å². The second-order valence-corrected chi connectivity index (χ2v) is 13.5. The highest BCUT2D eigenvalue weighted by atomic mass is 35.5. The first-order chi connectivity index (χ1) is 23.6. The largest absolute Gasteiger partial charge is 0.416 e. The summed E-state index contributed by atoms with van der Waals surface area (Å²) in [6, 6.07) is 19.6. The molecule has 49 heavy (non-hydrogen) atoms. The number of allylic oxidation sites excluding steroid dienone is 1. The molecule has 0 saturated carbocycles. The summed E-state index contributed by atoms with van der Waals surface area (Å²) in [6.45, 7) is 8.26. The van der Waals surface area contributed by atoms with Gasteiger partial charge >= 0.3 is 6.18 Å². The fraction of sp³-hybridized carbons (Fsp3) is 0.436. The van der Waals surface area contributed by atoms with Crippen molar-refractivity contribution in [3.63, 3.8) is 0 Å². The van der Waals surface area contributed by atoms with Gasteiger partial charge in [0, 0.05) is 62.7 Å². The molecule has 262 valence electrons. The third kappa shape index (κ3) is 9.53. The molecule has 10 heteroatoms. The first-order valence-corrected chi connectivity index (χ1v) is 17.6. The van der Waals surface area contributed by atoms with E-state index in [1.165, 1.54) is 6.07 Å². The molecule has 2 heterocycles. The van der Waals surface area contributed by atoms with E-state index in [4.69, 9.17) is 11.6 Å². The van der Waals surface area contributed by atoms with Crippen molar-refractivity contribution in [2.75, 3.05) is 26.2 Å². The smallest absolute Gasteiger partial charge is 0.344 e. The van der Waals surface area contributed by atoms with Gasteiger partial charge < -0.3 is 15.5 Å². The molecule has 3 unspecified atom stereocenters. The van der Waals surface area contributed by atoms with Gasteiger partial charge in [0.25, 0.3) is 0 Å². The quantitative estimate of drug-likeness (QED) is 0.169. The summed E-state index contributed by atoms with van der Waals surface area (Å²) in [6.07, 6.45) is 1.09. The summed E-state index contributed by atoms with van der Waals surface area (Å²) < 4.78 is 42.6. The first kappa shape index (κ1) is 36.6. The van der Waals surface area contributed by atoms with Gasteiger partial charge in [-0.3, -0.25) is 14.5 Å². The zero-order valence-electron chi connectivity index (χ0n) is 28.0. The zero-order chi connectivity index (χ0) is 35.0. The van der Waals surface area contributed by atoms with Crippen LogP contribution in [0.3, 0.4) is 0 Å². The number of fused-ring (bicyclic) bond motifs is 1. The lowest BCUT2D eigenvalue weighted by atomic mass is 9.89. The predicted molar refractivity (Wildman–Crippen MR) is 188 cm³/mol. The minimum Gasteiger partial charge on any atom is -0.344 e. The minimum absolute atomic E-state index is 0.138. The van der Waals surface area contributed by atoms with Gasteiger partial charge in [-0.1, -0.05) is 85.6 Å². The second-order valence-electron chi connectivity index (χ2n) is 13.1. The lowest BCUT2D eigenvalue weighted by Crippen LogP contribution is -2.56.